The topological polar surface area (TPSA) is 66.8 Å². The monoisotopic (exact) mass is 332 g/mol. The van der Waals surface area contributed by atoms with Gasteiger partial charge in [0.1, 0.15) is 11.5 Å². The molecule has 0 heterocycles. The second kappa shape index (κ2) is 6.12. The Labute approximate surface area is 124 Å². The Morgan fingerprint density at radius 3 is 2.18 bits per heavy atom. The van der Waals surface area contributed by atoms with Crippen molar-refractivity contribution in [1.29, 1.82) is 0 Å². The lowest BCUT2D eigenvalue weighted by Gasteiger charge is -2.10. The Morgan fingerprint density at radius 1 is 1.00 bits per heavy atom. The minimum atomic E-state index is -4.41. The van der Waals surface area contributed by atoms with E-state index >= 15 is 0 Å². The lowest BCUT2D eigenvalue weighted by molar-refractivity contribution is -0.137. The zero-order valence-corrected chi connectivity index (χ0v) is 12.0. The molecule has 4 nitrogen and oxygen atoms in total. The zero-order valence-electron chi connectivity index (χ0n) is 11.1. The highest BCUT2D eigenvalue weighted by Gasteiger charge is 2.30. The summed E-state index contributed by atoms with van der Waals surface area (Å²) in [7, 11) is -4.20. The Morgan fingerprint density at radius 2 is 1.64 bits per heavy atom. The number of hydrogen-bond acceptors (Lipinski definition) is 2. The molecule has 0 amide bonds. The Kier molecular flexibility index (Phi) is 4.60. The zero-order chi connectivity index (χ0) is 16.4. The van der Waals surface area contributed by atoms with Crippen molar-refractivity contribution in [3.63, 3.8) is 0 Å². The van der Waals surface area contributed by atoms with Crippen molar-refractivity contribution in [3.8, 4) is 11.5 Å². The molecule has 2 rings (SSSR count). The first-order chi connectivity index (χ1) is 10.1. The number of benzene rings is 2. The van der Waals surface area contributed by atoms with Gasteiger partial charge in [0, 0.05) is 0 Å². The highest BCUT2D eigenvalue weighted by Crippen LogP contribution is 2.40. The second-order valence-electron chi connectivity index (χ2n) is 4.59. The summed E-state index contributed by atoms with van der Waals surface area (Å²) in [5.41, 5.74) is -0.409. The van der Waals surface area contributed by atoms with Gasteiger partial charge in [0.25, 0.3) is 0 Å². The minimum absolute atomic E-state index is 0.196. The smallest absolute Gasteiger partial charge is 0.416 e. The van der Waals surface area contributed by atoms with E-state index < -0.39 is 25.5 Å². The molecule has 0 aliphatic carbocycles. The van der Waals surface area contributed by atoms with Crippen LogP contribution in [0.2, 0.25) is 0 Å². The van der Waals surface area contributed by atoms with E-state index in [1.807, 2.05) is 0 Å². The standard InChI is InChI=1S/C14H12F3O4P/c15-14(16,17)11-4-6-12(7-5-11)21-13-3-1-2-10(8-13)9-22(18,19)20/h1-8H,9H2,(H2,18,19,20). The molecule has 0 radical (unpaired) electrons. The maximum Gasteiger partial charge on any atom is 0.416 e. The minimum Gasteiger partial charge on any atom is -0.457 e. The molecule has 0 bridgehead atoms. The van der Waals surface area contributed by atoms with Gasteiger partial charge in [0.05, 0.1) is 11.7 Å². The fourth-order valence-electron chi connectivity index (χ4n) is 1.79. The summed E-state index contributed by atoms with van der Waals surface area (Å²) in [6, 6.07) is 10.2. The molecule has 8 heteroatoms. The van der Waals surface area contributed by atoms with Crippen molar-refractivity contribution in [2.75, 3.05) is 0 Å². The average molecular weight is 332 g/mol. The first kappa shape index (κ1) is 16.5. The van der Waals surface area contributed by atoms with Crippen molar-refractivity contribution in [1.82, 2.24) is 0 Å². The van der Waals surface area contributed by atoms with E-state index in [1.165, 1.54) is 24.3 Å². The Balaban J connectivity index is 2.14. The molecule has 2 aromatic rings. The van der Waals surface area contributed by atoms with Crippen LogP contribution in [0.4, 0.5) is 13.2 Å². The number of halogens is 3. The third kappa shape index (κ3) is 4.87. The molecule has 0 saturated heterocycles. The summed E-state index contributed by atoms with van der Waals surface area (Å²) < 4.78 is 53.7. The Bertz CT molecular complexity index is 692. The van der Waals surface area contributed by atoms with E-state index in [2.05, 4.69) is 0 Å². The van der Waals surface area contributed by atoms with Gasteiger partial charge in [-0.2, -0.15) is 13.2 Å². The largest absolute Gasteiger partial charge is 0.457 e. The van der Waals surface area contributed by atoms with Gasteiger partial charge >= 0.3 is 13.8 Å². The van der Waals surface area contributed by atoms with E-state index in [-0.39, 0.29) is 11.5 Å². The molecule has 0 atom stereocenters. The van der Waals surface area contributed by atoms with E-state index in [9.17, 15) is 17.7 Å². The van der Waals surface area contributed by atoms with Gasteiger partial charge < -0.3 is 14.5 Å². The number of ether oxygens (including phenoxy) is 1. The molecule has 0 aliphatic rings. The van der Waals surface area contributed by atoms with Crippen LogP contribution in [0.1, 0.15) is 11.1 Å². The van der Waals surface area contributed by atoms with Crippen molar-refractivity contribution in [2.45, 2.75) is 12.3 Å². The number of rotatable bonds is 4. The summed E-state index contributed by atoms with van der Waals surface area (Å²) in [5.74, 6) is 0.479. The van der Waals surface area contributed by atoms with E-state index in [0.717, 1.165) is 12.1 Å². The predicted molar refractivity (Wildman–Crippen MR) is 73.7 cm³/mol. The number of hydrogen-bond donors (Lipinski definition) is 2. The van der Waals surface area contributed by atoms with Crippen LogP contribution in [0.5, 0.6) is 11.5 Å². The lowest BCUT2D eigenvalue weighted by Crippen LogP contribution is -2.03. The normalized spacial score (nSPS) is 12.2. The van der Waals surface area contributed by atoms with Gasteiger partial charge in [-0.1, -0.05) is 12.1 Å². The van der Waals surface area contributed by atoms with Crippen molar-refractivity contribution in [3.05, 3.63) is 59.7 Å². The highest BCUT2D eigenvalue weighted by molar-refractivity contribution is 7.50. The molecule has 2 aromatic carbocycles. The molecule has 0 aliphatic heterocycles. The third-order valence-corrected chi connectivity index (χ3v) is 3.48. The van der Waals surface area contributed by atoms with Crippen LogP contribution in [0, 0.1) is 0 Å². The molecule has 2 N–H and O–H groups in total. The maximum atomic E-state index is 12.4. The molecule has 22 heavy (non-hydrogen) atoms. The fraction of sp³-hybridized carbons (Fsp3) is 0.143. The van der Waals surface area contributed by atoms with Gasteiger partial charge in [0.2, 0.25) is 0 Å². The van der Waals surface area contributed by atoms with Crippen molar-refractivity contribution < 1.29 is 32.3 Å². The predicted octanol–water partition coefficient (Wildman–Crippen LogP) is 4.18. The Hall–Kier alpha value is -1.82. The van der Waals surface area contributed by atoms with Crippen LogP contribution in [0.25, 0.3) is 0 Å². The van der Waals surface area contributed by atoms with Gasteiger partial charge in [-0.3, -0.25) is 4.57 Å². The van der Waals surface area contributed by atoms with Crippen LogP contribution in [0.3, 0.4) is 0 Å². The van der Waals surface area contributed by atoms with Crippen LogP contribution in [0.15, 0.2) is 48.5 Å². The maximum absolute atomic E-state index is 12.4. The van der Waals surface area contributed by atoms with Crippen LogP contribution in [-0.2, 0) is 16.9 Å². The summed E-state index contributed by atoms with van der Waals surface area (Å²) in [6.45, 7) is 0. The van der Waals surface area contributed by atoms with Crippen LogP contribution >= 0.6 is 7.60 Å². The van der Waals surface area contributed by atoms with Crippen molar-refractivity contribution >= 4 is 7.60 Å². The molecule has 118 valence electrons. The molecule has 0 saturated carbocycles. The molecular formula is C14H12F3O4P. The first-order valence-corrected chi connectivity index (χ1v) is 7.92. The third-order valence-electron chi connectivity index (χ3n) is 2.70. The van der Waals surface area contributed by atoms with Crippen LogP contribution in [-0.4, -0.2) is 9.79 Å². The highest BCUT2D eigenvalue weighted by atomic mass is 31.2. The molecule has 0 spiro atoms. The quantitative estimate of drug-likeness (QED) is 0.825. The summed E-state index contributed by atoms with van der Waals surface area (Å²) in [5, 5.41) is 0. The van der Waals surface area contributed by atoms with E-state index in [0.29, 0.717) is 5.56 Å². The molecule has 0 aromatic heterocycles. The summed E-state index contributed by atoms with van der Waals surface area (Å²) >= 11 is 0. The van der Waals surface area contributed by atoms with Gasteiger partial charge in [-0.25, -0.2) is 0 Å². The fourth-order valence-corrected chi connectivity index (χ4v) is 2.47. The van der Waals surface area contributed by atoms with Gasteiger partial charge in [-0.05, 0) is 42.0 Å². The van der Waals surface area contributed by atoms with E-state index in [1.54, 1.807) is 12.1 Å². The molecule has 0 fully saturated rings. The SMILES string of the molecule is O=P(O)(O)Cc1cccc(Oc2ccc(C(F)(F)F)cc2)c1. The molecular weight excluding hydrogens is 320 g/mol. The number of alkyl halides is 3. The first-order valence-electron chi connectivity index (χ1n) is 6.12. The van der Waals surface area contributed by atoms with Crippen LogP contribution < -0.4 is 4.74 Å². The van der Waals surface area contributed by atoms with Crippen molar-refractivity contribution in [2.24, 2.45) is 0 Å². The van der Waals surface area contributed by atoms with Gasteiger partial charge in [-0.15, -0.1) is 0 Å². The molecule has 0 unspecified atom stereocenters. The summed E-state index contributed by atoms with van der Waals surface area (Å²) in [4.78, 5) is 17.8. The van der Waals surface area contributed by atoms with E-state index in [4.69, 9.17) is 14.5 Å². The van der Waals surface area contributed by atoms with Gasteiger partial charge in [0.15, 0.2) is 0 Å². The average Bonchev–Trinajstić information content (AvgIpc) is 2.36. The summed E-state index contributed by atoms with van der Waals surface area (Å²) in [6.07, 6.45) is -4.85. The second-order valence-corrected chi connectivity index (χ2v) is 6.24. The lowest BCUT2D eigenvalue weighted by atomic mass is 10.2.